The molecule has 21 heavy (non-hydrogen) atoms. The highest BCUT2D eigenvalue weighted by Gasteiger charge is 2.37. The maximum Gasteiger partial charge on any atom is 0.0475 e. The van der Waals surface area contributed by atoms with Gasteiger partial charge >= 0.3 is 0 Å². The molecule has 1 atom stereocenters. The van der Waals surface area contributed by atoms with Crippen LogP contribution in [0.25, 0.3) is 0 Å². The third kappa shape index (κ3) is 3.67. The van der Waals surface area contributed by atoms with E-state index in [1.807, 2.05) is 0 Å². The van der Waals surface area contributed by atoms with Crippen molar-refractivity contribution in [2.45, 2.75) is 63.3 Å². The van der Waals surface area contributed by atoms with Gasteiger partial charge in [0.2, 0.25) is 0 Å². The van der Waals surface area contributed by atoms with Crippen molar-refractivity contribution < 1.29 is 4.74 Å². The van der Waals surface area contributed by atoms with Crippen LogP contribution in [-0.2, 0) is 16.6 Å². The minimum absolute atomic E-state index is 0.297. The van der Waals surface area contributed by atoms with Crippen molar-refractivity contribution in [2.24, 2.45) is 0 Å². The Labute approximate surface area is 129 Å². The quantitative estimate of drug-likeness (QED) is 0.734. The first-order chi connectivity index (χ1) is 10.3. The second-order valence-electron chi connectivity index (χ2n) is 6.81. The van der Waals surface area contributed by atoms with Gasteiger partial charge in [0.15, 0.2) is 0 Å². The van der Waals surface area contributed by atoms with Gasteiger partial charge in [-0.2, -0.15) is 0 Å². The van der Waals surface area contributed by atoms with Crippen LogP contribution in [0, 0.1) is 0 Å². The molecule has 1 saturated carbocycles. The molecule has 0 aromatic heterocycles. The van der Waals surface area contributed by atoms with E-state index in [1.165, 1.54) is 32.1 Å². The van der Waals surface area contributed by atoms with Crippen LogP contribution in [0.2, 0.25) is 0 Å². The maximum absolute atomic E-state index is 5.82. The van der Waals surface area contributed by atoms with Crippen molar-refractivity contribution in [1.82, 2.24) is 5.32 Å². The first-order valence-corrected chi connectivity index (χ1v) is 8.73. The Hall–Kier alpha value is -0.860. The number of nitrogens with one attached hydrogen (secondary N) is 1. The predicted molar refractivity (Wildman–Crippen MR) is 87.8 cm³/mol. The summed E-state index contributed by atoms with van der Waals surface area (Å²) in [4.78, 5) is 0. The fourth-order valence-electron chi connectivity index (χ4n) is 3.68. The summed E-state index contributed by atoms with van der Waals surface area (Å²) in [6, 6.07) is 9.88. The summed E-state index contributed by atoms with van der Waals surface area (Å²) in [6.07, 6.45) is 8.87. The van der Waals surface area contributed by atoms with Gasteiger partial charge < -0.3 is 10.1 Å². The zero-order valence-corrected chi connectivity index (χ0v) is 13.4. The lowest BCUT2D eigenvalue weighted by atomic mass is 9.68. The largest absolute Gasteiger partial charge is 0.381 e. The summed E-state index contributed by atoms with van der Waals surface area (Å²) in [7, 11) is 0. The number of rotatable bonds is 8. The number of aryl methyl sites for hydroxylation is 1. The topological polar surface area (TPSA) is 21.3 Å². The molecule has 1 N–H and O–H groups in total. The van der Waals surface area contributed by atoms with E-state index in [4.69, 9.17) is 4.74 Å². The number of benzene rings is 1. The van der Waals surface area contributed by atoms with Gasteiger partial charge in [-0.1, -0.05) is 31.2 Å². The van der Waals surface area contributed by atoms with Crippen molar-refractivity contribution in [3.63, 3.8) is 0 Å². The molecule has 2 aliphatic carbocycles. The van der Waals surface area contributed by atoms with Gasteiger partial charge in [0, 0.05) is 31.2 Å². The van der Waals surface area contributed by atoms with E-state index in [1.54, 1.807) is 11.1 Å². The number of fused-ring (bicyclic) bond motifs is 1. The van der Waals surface area contributed by atoms with Gasteiger partial charge in [0.1, 0.15) is 0 Å². The van der Waals surface area contributed by atoms with E-state index in [0.717, 1.165) is 38.6 Å². The van der Waals surface area contributed by atoms with Crippen LogP contribution < -0.4 is 5.32 Å². The van der Waals surface area contributed by atoms with E-state index in [0.29, 0.717) is 5.41 Å². The molecule has 2 aliphatic rings. The minimum atomic E-state index is 0.297. The summed E-state index contributed by atoms with van der Waals surface area (Å²) in [6.45, 7) is 5.10. The zero-order valence-electron chi connectivity index (χ0n) is 13.4. The summed E-state index contributed by atoms with van der Waals surface area (Å²) < 4.78 is 5.82. The Kier molecular flexibility index (Phi) is 4.97. The molecule has 1 fully saturated rings. The molecule has 0 bridgehead atoms. The zero-order chi connectivity index (χ0) is 14.5. The van der Waals surface area contributed by atoms with Crippen LogP contribution >= 0.6 is 0 Å². The average molecular weight is 287 g/mol. The third-order valence-corrected chi connectivity index (χ3v) is 5.07. The maximum atomic E-state index is 5.82. The summed E-state index contributed by atoms with van der Waals surface area (Å²) >= 11 is 0. The minimum Gasteiger partial charge on any atom is -0.381 e. The molecule has 1 unspecified atom stereocenters. The van der Waals surface area contributed by atoms with E-state index in [9.17, 15) is 0 Å². The normalized spacial score (nSPS) is 24.8. The van der Waals surface area contributed by atoms with Crippen LogP contribution in [0.3, 0.4) is 0 Å². The van der Waals surface area contributed by atoms with Crippen molar-refractivity contribution in [2.75, 3.05) is 19.8 Å². The smallest absolute Gasteiger partial charge is 0.0475 e. The molecular formula is C19H29NO. The molecule has 116 valence electrons. The molecular weight excluding hydrogens is 258 g/mol. The summed E-state index contributed by atoms with van der Waals surface area (Å²) in [5.41, 5.74) is 3.45. The first kappa shape index (κ1) is 15.1. The van der Waals surface area contributed by atoms with Crippen molar-refractivity contribution in [1.29, 1.82) is 0 Å². The molecule has 0 radical (unpaired) electrons. The van der Waals surface area contributed by atoms with Gasteiger partial charge in [0.25, 0.3) is 0 Å². The lowest BCUT2D eigenvalue weighted by molar-refractivity contribution is 0.109. The van der Waals surface area contributed by atoms with E-state index >= 15 is 0 Å². The van der Waals surface area contributed by atoms with Gasteiger partial charge in [0.05, 0.1) is 0 Å². The molecule has 1 aromatic rings. The molecule has 1 aromatic carbocycles. The first-order valence-electron chi connectivity index (χ1n) is 8.73. The second-order valence-corrected chi connectivity index (χ2v) is 6.81. The Morgan fingerprint density at radius 3 is 2.90 bits per heavy atom. The summed E-state index contributed by atoms with van der Waals surface area (Å²) in [5, 5.41) is 3.79. The van der Waals surface area contributed by atoms with Crippen LogP contribution in [0.5, 0.6) is 0 Å². The molecule has 0 aliphatic heterocycles. The number of ether oxygens (including phenoxy) is 1. The van der Waals surface area contributed by atoms with Crippen molar-refractivity contribution >= 4 is 0 Å². The van der Waals surface area contributed by atoms with Gasteiger partial charge in [-0.05, 0) is 56.1 Å². The summed E-state index contributed by atoms with van der Waals surface area (Å²) in [5.74, 6) is 0. The third-order valence-electron chi connectivity index (χ3n) is 5.07. The second kappa shape index (κ2) is 6.93. The highest BCUT2D eigenvalue weighted by atomic mass is 16.5. The van der Waals surface area contributed by atoms with Crippen LogP contribution in [0.15, 0.2) is 24.3 Å². The molecule has 0 amide bonds. The monoisotopic (exact) mass is 287 g/mol. The lowest BCUT2D eigenvalue weighted by Gasteiger charge is -2.40. The van der Waals surface area contributed by atoms with Crippen molar-refractivity contribution in [3.8, 4) is 0 Å². The standard InChI is InChI=1S/C19H29NO/c1-2-13-21-14-12-19(15-20-17-9-10-17)11-5-7-16-6-3-4-8-18(16)19/h3-4,6,8,17,20H,2,5,7,9-15H2,1H3. The Bertz CT molecular complexity index is 455. The molecule has 0 spiro atoms. The average Bonchev–Trinajstić information content (AvgIpc) is 3.34. The lowest BCUT2D eigenvalue weighted by Crippen LogP contribution is -2.42. The van der Waals surface area contributed by atoms with Crippen molar-refractivity contribution in [3.05, 3.63) is 35.4 Å². The molecule has 0 heterocycles. The molecule has 2 heteroatoms. The van der Waals surface area contributed by atoms with Gasteiger partial charge in [-0.25, -0.2) is 0 Å². The fraction of sp³-hybridized carbons (Fsp3) is 0.684. The van der Waals surface area contributed by atoms with E-state index < -0.39 is 0 Å². The van der Waals surface area contributed by atoms with E-state index in [-0.39, 0.29) is 0 Å². The number of hydrogen-bond acceptors (Lipinski definition) is 2. The Morgan fingerprint density at radius 1 is 1.24 bits per heavy atom. The van der Waals surface area contributed by atoms with Gasteiger partial charge in [-0.3, -0.25) is 0 Å². The molecule has 0 saturated heterocycles. The highest BCUT2D eigenvalue weighted by molar-refractivity contribution is 5.37. The van der Waals surface area contributed by atoms with Crippen LogP contribution in [-0.4, -0.2) is 25.8 Å². The Balaban J connectivity index is 1.74. The fourth-order valence-corrected chi connectivity index (χ4v) is 3.68. The van der Waals surface area contributed by atoms with Crippen LogP contribution in [0.4, 0.5) is 0 Å². The molecule has 3 rings (SSSR count). The van der Waals surface area contributed by atoms with Crippen LogP contribution in [0.1, 0.15) is 56.6 Å². The highest BCUT2D eigenvalue weighted by Crippen LogP contribution is 2.40. The number of hydrogen-bond donors (Lipinski definition) is 1. The Morgan fingerprint density at radius 2 is 2.10 bits per heavy atom. The molecule has 2 nitrogen and oxygen atoms in total. The SMILES string of the molecule is CCCOCCC1(CNC2CC2)CCCc2ccccc21. The van der Waals surface area contributed by atoms with Gasteiger partial charge in [-0.15, -0.1) is 0 Å². The predicted octanol–water partition coefficient (Wildman–Crippen LogP) is 3.83. The van der Waals surface area contributed by atoms with E-state index in [2.05, 4.69) is 36.5 Å².